The fourth-order valence-electron chi connectivity index (χ4n) is 2.73. The van der Waals surface area contributed by atoms with Gasteiger partial charge in [-0.3, -0.25) is 4.79 Å². The fourth-order valence-corrected chi connectivity index (χ4v) is 2.73. The first-order chi connectivity index (χ1) is 10.8. The molecule has 2 atom stereocenters. The van der Waals surface area contributed by atoms with E-state index < -0.39 is 12.1 Å². The number of carbonyl (C=O) groups excluding carboxylic acids is 2. The topological polar surface area (TPSA) is 70.2 Å². The van der Waals surface area contributed by atoms with Crippen molar-refractivity contribution < 1.29 is 14.0 Å². The summed E-state index contributed by atoms with van der Waals surface area (Å²) in [4.78, 5) is 24.0. The van der Waals surface area contributed by atoms with Crippen molar-refractivity contribution in [1.82, 2.24) is 16.0 Å². The summed E-state index contributed by atoms with van der Waals surface area (Å²) >= 11 is 0. The Balaban J connectivity index is 2.09. The summed E-state index contributed by atoms with van der Waals surface area (Å²) in [7, 11) is 0. The van der Waals surface area contributed by atoms with E-state index in [0.29, 0.717) is 18.5 Å². The van der Waals surface area contributed by atoms with Gasteiger partial charge in [0.2, 0.25) is 5.91 Å². The second-order valence-corrected chi connectivity index (χ2v) is 6.96. The van der Waals surface area contributed by atoms with Crippen LogP contribution in [0.2, 0.25) is 0 Å². The van der Waals surface area contributed by atoms with Crippen molar-refractivity contribution in [1.29, 1.82) is 0 Å². The van der Waals surface area contributed by atoms with E-state index in [1.54, 1.807) is 12.1 Å². The van der Waals surface area contributed by atoms with Gasteiger partial charge in [-0.2, -0.15) is 0 Å². The SMILES string of the molecule is CC(C)(C)[C@@H](NC(=O)N[C@@H]1CCCNC1=O)c1cccc(F)c1. The van der Waals surface area contributed by atoms with Crippen LogP contribution >= 0.6 is 0 Å². The predicted octanol–water partition coefficient (Wildman–Crippen LogP) is 2.49. The third kappa shape index (κ3) is 4.68. The van der Waals surface area contributed by atoms with Crippen LogP contribution < -0.4 is 16.0 Å². The molecule has 1 aliphatic heterocycles. The van der Waals surface area contributed by atoms with Gasteiger partial charge in [-0.05, 0) is 36.0 Å². The van der Waals surface area contributed by atoms with Gasteiger partial charge < -0.3 is 16.0 Å². The van der Waals surface area contributed by atoms with Gasteiger partial charge in [0.1, 0.15) is 11.9 Å². The number of halogens is 1. The smallest absolute Gasteiger partial charge is 0.315 e. The second-order valence-electron chi connectivity index (χ2n) is 6.96. The molecule has 1 saturated heterocycles. The summed E-state index contributed by atoms with van der Waals surface area (Å²) in [6.07, 6.45) is 1.46. The van der Waals surface area contributed by atoms with E-state index in [0.717, 1.165) is 6.42 Å². The van der Waals surface area contributed by atoms with Gasteiger partial charge >= 0.3 is 6.03 Å². The van der Waals surface area contributed by atoms with Crippen LogP contribution in [0.5, 0.6) is 0 Å². The molecule has 0 aromatic heterocycles. The molecule has 0 aliphatic carbocycles. The van der Waals surface area contributed by atoms with Crippen LogP contribution in [0.25, 0.3) is 0 Å². The number of amides is 3. The first-order valence-corrected chi connectivity index (χ1v) is 7.87. The van der Waals surface area contributed by atoms with Crippen molar-refractivity contribution in [3.63, 3.8) is 0 Å². The number of piperidine rings is 1. The van der Waals surface area contributed by atoms with Crippen LogP contribution in [0, 0.1) is 11.2 Å². The van der Waals surface area contributed by atoms with Crippen molar-refractivity contribution in [2.75, 3.05) is 6.54 Å². The first kappa shape index (κ1) is 17.2. The molecule has 1 heterocycles. The molecular formula is C17H24FN3O2. The molecule has 126 valence electrons. The summed E-state index contributed by atoms with van der Waals surface area (Å²) in [6.45, 7) is 6.55. The summed E-state index contributed by atoms with van der Waals surface area (Å²) in [5.41, 5.74) is 0.390. The van der Waals surface area contributed by atoms with Crippen LogP contribution in [0.3, 0.4) is 0 Å². The third-order valence-electron chi connectivity index (χ3n) is 3.91. The van der Waals surface area contributed by atoms with Crippen molar-refractivity contribution in [3.8, 4) is 0 Å². The Labute approximate surface area is 136 Å². The third-order valence-corrected chi connectivity index (χ3v) is 3.91. The number of hydrogen-bond donors (Lipinski definition) is 3. The predicted molar refractivity (Wildman–Crippen MR) is 86.3 cm³/mol. The molecule has 1 aliphatic rings. The zero-order valence-corrected chi connectivity index (χ0v) is 13.8. The molecule has 1 aromatic carbocycles. The van der Waals surface area contributed by atoms with E-state index in [2.05, 4.69) is 16.0 Å². The average Bonchev–Trinajstić information content (AvgIpc) is 2.46. The summed E-state index contributed by atoms with van der Waals surface area (Å²) in [5.74, 6) is -0.505. The molecule has 0 saturated carbocycles. The molecule has 1 aromatic rings. The van der Waals surface area contributed by atoms with Crippen LogP contribution in [-0.2, 0) is 4.79 Å². The molecule has 1 fully saturated rings. The van der Waals surface area contributed by atoms with E-state index in [1.807, 2.05) is 20.8 Å². The van der Waals surface area contributed by atoms with Gasteiger partial charge in [-0.1, -0.05) is 32.9 Å². The lowest BCUT2D eigenvalue weighted by Gasteiger charge is -2.33. The minimum absolute atomic E-state index is 0.163. The normalized spacial score (nSPS) is 19.7. The Bertz CT molecular complexity index is 583. The summed E-state index contributed by atoms with van der Waals surface area (Å²) in [5, 5.41) is 8.30. The van der Waals surface area contributed by atoms with Gasteiger partial charge in [0.05, 0.1) is 6.04 Å². The molecule has 0 unspecified atom stereocenters. The molecule has 5 nitrogen and oxygen atoms in total. The maximum atomic E-state index is 13.5. The van der Waals surface area contributed by atoms with Crippen LogP contribution in [0.1, 0.15) is 45.2 Å². The number of benzene rings is 1. The van der Waals surface area contributed by atoms with E-state index >= 15 is 0 Å². The molecule has 23 heavy (non-hydrogen) atoms. The second kappa shape index (κ2) is 6.98. The average molecular weight is 321 g/mol. The summed E-state index contributed by atoms with van der Waals surface area (Å²) < 4.78 is 13.5. The lowest BCUT2D eigenvalue weighted by Crippen LogP contribution is -2.54. The van der Waals surface area contributed by atoms with Crippen LogP contribution in [-0.4, -0.2) is 24.5 Å². The zero-order chi connectivity index (χ0) is 17.0. The quantitative estimate of drug-likeness (QED) is 0.800. The fraction of sp³-hybridized carbons (Fsp3) is 0.529. The molecule has 3 N–H and O–H groups in total. The number of nitrogens with one attached hydrogen (secondary N) is 3. The van der Waals surface area contributed by atoms with Crippen LogP contribution in [0.15, 0.2) is 24.3 Å². The Morgan fingerprint density at radius 3 is 2.74 bits per heavy atom. The molecule has 2 rings (SSSR count). The highest BCUT2D eigenvalue weighted by Crippen LogP contribution is 2.32. The van der Waals surface area contributed by atoms with Gasteiger partial charge in [-0.15, -0.1) is 0 Å². The van der Waals surface area contributed by atoms with Crippen LogP contribution in [0.4, 0.5) is 9.18 Å². The van der Waals surface area contributed by atoms with E-state index in [1.165, 1.54) is 12.1 Å². The molecule has 3 amide bonds. The number of urea groups is 1. The molecular weight excluding hydrogens is 297 g/mol. The van der Waals surface area contributed by atoms with Crippen molar-refractivity contribution in [2.45, 2.75) is 45.7 Å². The molecule has 0 spiro atoms. The Kier molecular flexibility index (Phi) is 5.23. The van der Waals surface area contributed by atoms with Gasteiger partial charge in [0.25, 0.3) is 0 Å². The highest BCUT2D eigenvalue weighted by atomic mass is 19.1. The minimum Gasteiger partial charge on any atom is -0.354 e. The highest BCUT2D eigenvalue weighted by molar-refractivity contribution is 5.87. The maximum absolute atomic E-state index is 13.5. The highest BCUT2D eigenvalue weighted by Gasteiger charge is 2.30. The van der Waals surface area contributed by atoms with Crippen molar-refractivity contribution in [3.05, 3.63) is 35.6 Å². The number of carbonyl (C=O) groups is 2. The summed E-state index contributed by atoms with van der Waals surface area (Å²) in [6, 6.07) is 4.89. The lowest BCUT2D eigenvalue weighted by atomic mass is 9.82. The van der Waals surface area contributed by atoms with E-state index in [9.17, 15) is 14.0 Å². The Morgan fingerprint density at radius 1 is 1.39 bits per heavy atom. The Hall–Kier alpha value is -2.11. The van der Waals surface area contributed by atoms with Gasteiger partial charge in [-0.25, -0.2) is 9.18 Å². The van der Waals surface area contributed by atoms with E-state index in [4.69, 9.17) is 0 Å². The number of hydrogen-bond acceptors (Lipinski definition) is 2. The first-order valence-electron chi connectivity index (χ1n) is 7.87. The standard InChI is InChI=1S/C17H24FN3O2/c1-17(2,3)14(11-6-4-7-12(18)10-11)21-16(23)20-13-8-5-9-19-15(13)22/h4,6-7,10,13-14H,5,8-9H2,1-3H3,(H,19,22)(H2,20,21,23)/t13-,14+/m1/s1. The Morgan fingerprint density at radius 2 is 2.13 bits per heavy atom. The minimum atomic E-state index is -0.517. The van der Waals surface area contributed by atoms with Crippen molar-refractivity contribution >= 4 is 11.9 Å². The van der Waals surface area contributed by atoms with E-state index in [-0.39, 0.29) is 23.2 Å². The number of rotatable bonds is 3. The van der Waals surface area contributed by atoms with Gasteiger partial charge in [0, 0.05) is 6.54 Å². The molecule has 0 bridgehead atoms. The van der Waals surface area contributed by atoms with Gasteiger partial charge in [0.15, 0.2) is 0 Å². The largest absolute Gasteiger partial charge is 0.354 e. The monoisotopic (exact) mass is 321 g/mol. The molecule has 0 radical (unpaired) electrons. The zero-order valence-electron chi connectivity index (χ0n) is 13.8. The molecule has 6 heteroatoms. The lowest BCUT2D eigenvalue weighted by molar-refractivity contribution is -0.124. The van der Waals surface area contributed by atoms with Crippen molar-refractivity contribution in [2.24, 2.45) is 5.41 Å². The maximum Gasteiger partial charge on any atom is 0.315 e.